The average Bonchev–Trinajstić information content (AvgIpc) is 3.55. The number of carbonyl (C=O) groups excluding carboxylic acids is 3. The zero-order chi connectivity index (χ0) is 26.0. The number of rotatable bonds is 10. The van der Waals surface area contributed by atoms with Crippen molar-refractivity contribution in [3.05, 3.63) is 54.6 Å². The lowest BCUT2D eigenvalue weighted by Crippen LogP contribution is -2.53. The summed E-state index contributed by atoms with van der Waals surface area (Å²) in [5.41, 5.74) is 0.196. The maximum Gasteiger partial charge on any atom is 0.250 e. The monoisotopic (exact) mass is 507 g/mol. The lowest BCUT2D eigenvalue weighted by Gasteiger charge is -2.33. The third-order valence-electron chi connectivity index (χ3n) is 7.81. The van der Waals surface area contributed by atoms with Crippen LogP contribution in [0.1, 0.15) is 32.1 Å². The number of aliphatic hydroxyl groups is 1. The predicted octanol–water partition coefficient (Wildman–Crippen LogP) is 2.81. The van der Waals surface area contributed by atoms with E-state index in [0.717, 1.165) is 6.42 Å². The number of amides is 3. The van der Waals surface area contributed by atoms with E-state index in [2.05, 4.69) is 10.6 Å². The molecule has 5 atom stereocenters. The molecule has 3 saturated heterocycles. The first-order valence-electron chi connectivity index (χ1n) is 12.9. The van der Waals surface area contributed by atoms with Crippen LogP contribution in [0, 0.1) is 11.8 Å². The van der Waals surface area contributed by atoms with E-state index in [0.29, 0.717) is 49.4 Å². The zero-order valence-corrected chi connectivity index (χ0v) is 20.9. The second kappa shape index (κ2) is 10.5. The Morgan fingerprint density at radius 1 is 1.03 bits per heavy atom. The molecule has 9 nitrogen and oxygen atoms in total. The lowest BCUT2D eigenvalue weighted by molar-refractivity contribution is -0.139. The van der Waals surface area contributed by atoms with Crippen LogP contribution in [0.4, 0.5) is 11.4 Å². The van der Waals surface area contributed by atoms with Crippen LogP contribution in [0.25, 0.3) is 0 Å². The number of carbonyl (C=O) groups is 3. The third-order valence-corrected chi connectivity index (χ3v) is 7.81. The lowest BCUT2D eigenvalue weighted by atomic mass is 9.70. The smallest absolute Gasteiger partial charge is 0.250 e. The second-order valence-electron chi connectivity index (χ2n) is 9.94. The molecule has 2 aromatic carbocycles. The number of hydrogen-bond donors (Lipinski definition) is 3. The molecule has 3 aliphatic rings. The van der Waals surface area contributed by atoms with Gasteiger partial charge in [0.2, 0.25) is 17.7 Å². The number of likely N-dealkylation sites (tertiary alicyclic amines) is 1. The van der Waals surface area contributed by atoms with Crippen molar-refractivity contribution in [2.24, 2.45) is 11.8 Å². The number of nitrogens with one attached hydrogen (secondary N) is 2. The van der Waals surface area contributed by atoms with Crippen molar-refractivity contribution < 1.29 is 29.0 Å². The molecule has 3 fully saturated rings. The minimum Gasteiger partial charge on any atom is -0.497 e. The topological polar surface area (TPSA) is 117 Å². The van der Waals surface area contributed by atoms with Gasteiger partial charge in [0.15, 0.2) is 0 Å². The van der Waals surface area contributed by atoms with Gasteiger partial charge in [-0.25, -0.2) is 0 Å². The molecule has 0 aromatic heterocycles. The number of aliphatic hydroxyl groups excluding tert-OH is 1. The van der Waals surface area contributed by atoms with Gasteiger partial charge in [0.05, 0.1) is 25.0 Å². The fourth-order valence-corrected chi connectivity index (χ4v) is 6.20. The summed E-state index contributed by atoms with van der Waals surface area (Å²) >= 11 is 0. The Morgan fingerprint density at radius 3 is 2.43 bits per heavy atom. The van der Waals surface area contributed by atoms with Crippen LogP contribution in [0.2, 0.25) is 0 Å². The van der Waals surface area contributed by atoms with E-state index in [1.165, 1.54) is 0 Å². The van der Waals surface area contributed by atoms with Crippen molar-refractivity contribution in [3.8, 4) is 5.75 Å². The molecule has 0 aliphatic carbocycles. The summed E-state index contributed by atoms with van der Waals surface area (Å²) < 4.78 is 11.6. The van der Waals surface area contributed by atoms with Gasteiger partial charge in [0.1, 0.15) is 17.4 Å². The second-order valence-corrected chi connectivity index (χ2v) is 9.94. The fourth-order valence-electron chi connectivity index (χ4n) is 6.20. The molecule has 3 aliphatic heterocycles. The van der Waals surface area contributed by atoms with Gasteiger partial charge in [-0.15, -0.1) is 0 Å². The van der Waals surface area contributed by atoms with Crippen molar-refractivity contribution in [1.29, 1.82) is 0 Å². The molecular formula is C28H33N3O6. The van der Waals surface area contributed by atoms with Crippen LogP contribution in [0.15, 0.2) is 54.6 Å². The van der Waals surface area contributed by atoms with Crippen LogP contribution in [-0.4, -0.2) is 65.7 Å². The van der Waals surface area contributed by atoms with Gasteiger partial charge in [-0.1, -0.05) is 18.2 Å². The number of anilines is 2. The summed E-state index contributed by atoms with van der Waals surface area (Å²) in [6.45, 7) is 0.438. The number of methoxy groups -OCH3 is 1. The number of hydrogen-bond acceptors (Lipinski definition) is 6. The van der Waals surface area contributed by atoms with Gasteiger partial charge in [-0.05, 0) is 68.5 Å². The van der Waals surface area contributed by atoms with Gasteiger partial charge in [-0.2, -0.15) is 0 Å². The van der Waals surface area contributed by atoms with E-state index in [9.17, 15) is 14.4 Å². The van der Waals surface area contributed by atoms with Crippen molar-refractivity contribution in [2.45, 2.75) is 49.9 Å². The minimum atomic E-state index is -1.05. The summed E-state index contributed by atoms with van der Waals surface area (Å²) in [6, 6.07) is 15.3. The molecule has 3 amide bonds. The summed E-state index contributed by atoms with van der Waals surface area (Å²) in [4.78, 5) is 42.6. The van der Waals surface area contributed by atoms with E-state index in [1.807, 2.05) is 18.2 Å². The van der Waals surface area contributed by atoms with Crippen molar-refractivity contribution >= 4 is 29.1 Å². The fraction of sp³-hybridized carbons (Fsp3) is 0.464. The normalized spacial score (nSPS) is 27.7. The van der Waals surface area contributed by atoms with Gasteiger partial charge >= 0.3 is 0 Å². The molecule has 0 saturated carbocycles. The molecule has 3 N–H and O–H groups in total. The number of ether oxygens (including phenoxy) is 2. The molecule has 0 radical (unpaired) electrons. The molecule has 2 unspecified atom stereocenters. The van der Waals surface area contributed by atoms with Crippen LogP contribution in [0.5, 0.6) is 5.75 Å². The van der Waals surface area contributed by atoms with Crippen LogP contribution < -0.4 is 15.4 Å². The predicted molar refractivity (Wildman–Crippen MR) is 137 cm³/mol. The van der Waals surface area contributed by atoms with Crippen LogP contribution in [-0.2, 0) is 19.1 Å². The van der Waals surface area contributed by atoms with Crippen molar-refractivity contribution in [1.82, 2.24) is 4.90 Å². The maximum absolute atomic E-state index is 13.9. The summed E-state index contributed by atoms with van der Waals surface area (Å²) in [6.07, 6.45) is 2.74. The first kappa shape index (κ1) is 25.2. The highest BCUT2D eigenvalue weighted by Crippen LogP contribution is 2.58. The zero-order valence-electron chi connectivity index (χ0n) is 20.9. The van der Waals surface area contributed by atoms with E-state index >= 15 is 0 Å². The van der Waals surface area contributed by atoms with Crippen molar-refractivity contribution in [3.63, 3.8) is 0 Å². The minimum absolute atomic E-state index is 0.0778. The van der Waals surface area contributed by atoms with Gasteiger partial charge in [-0.3, -0.25) is 14.4 Å². The molecular weight excluding hydrogens is 474 g/mol. The number of benzene rings is 2. The SMILES string of the molecule is COc1ccc(NC(=O)C2N(CCCCCO)C(=O)[C@@H]3[C@H](C(=O)Nc4ccccc4)[C@@H]4CCC23O4)cc1. The highest BCUT2D eigenvalue weighted by molar-refractivity contribution is 6.05. The Hall–Kier alpha value is -3.43. The van der Waals surface area contributed by atoms with E-state index < -0.39 is 29.6 Å². The molecule has 196 valence electrons. The van der Waals surface area contributed by atoms with E-state index in [4.69, 9.17) is 14.6 Å². The van der Waals surface area contributed by atoms with Gasteiger partial charge in [0.25, 0.3) is 0 Å². The molecule has 9 heteroatoms. The summed E-state index contributed by atoms with van der Waals surface area (Å²) in [5, 5.41) is 15.1. The molecule has 2 bridgehead atoms. The molecule has 1 spiro atoms. The Kier molecular flexibility index (Phi) is 7.17. The van der Waals surface area contributed by atoms with E-state index in [-0.39, 0.29) is 24.3 Å². The van der Waals surface area contributed by atoms with Crippen molar-refractivity contribution in [2.75, 3.05) is 30.9 Å². The largest absolute Gasteiger partial charge is 0.497 e. The highest BCUT2D eigenvalue weighted by atomic mass is 16.5. The number of nitrogens with zero attached hydrogens (tertiary/aromatic N) is 1. The summed E-state index contributed by atoms with van der Waals surface area (Å²) in [7, 11) is 1.57. The first-order valence-corrected chi connectivity index (χ1v) is 12.9. The van der Waals surface area contributed by atoms with Crippen LogP contribution in [0.3, 0.4) is 0 Å². The van der Waals surface area contributed by atoms with E-state index in [1.54, 1.807) is 48.4 Å². The Morgan fingerprint density at radius 2 is 1.73 bits per heavy atom. The first-order chi connectivity index (χ1) is 18.0. The summed E-state index contributed by atoms with van der Waals surface area (Å²) in [5.74, 6) is -1.52. The van der Waals surface area contributed by atoms with Crippen LogP contribution >= 0.6 is 0 Å². The molecule has 5 rings (SSSR count). The standard InChI is InChI=1S/C28H33N3O6/c1-36-20-12-10-19(11-13-20)30-26(34)24-28-15-14-21(37-28)22(25(33)29-18-8-4-2-5-9-18)23(28)27(35)31(24)16-6-3-7-17-32/h2,4-5,8-13,21-24,32H,3,6-7,14-17H2,1H3,(H,29,33)(H,30,34)/t21-,22+,23-,24?,28?/m0/s1. The molecule has 3 heterocycles. The Bertz CT molecular complexity index is 1140. The number of fused-ring (bicyclic) bond motifs is 1. The number of unbranched alkanes of at least 4 members (excludes halogenated alkanes) is 2. The molecule has 37 heavy (non-hydrogen) atoms. The maximum atomic E-state index is 13.9. The Balaban J connectivity index is 1.42. The Labute approximate surface area is 216 Å². The van der Waals surface area contributed by atoms with Gasteiger partial charge in [0, 0.05) is 24.5 Å². The quantitative estimate of drug-likeness (QED) is 0.426. The number of para-hydroxylation sites is 1. The molecule has 2 aromatic rings. The highest BCUT2D eigenvalue weighted by Gasteiger charge is 2.74. The third kappa shape index (κ3) is 4.57. The average molecular weight is 508 g/mol. The van der Waals surface area contributed by atoms with Gasteiger partial charge < -0.3 is 30.1 Å².